The minimum absolute atomic E-state index is 0.121. The summed E-state index contributed by atoms with van der Waals surface area (Å²) in [5.41, 5.74) is 5.46. The van der Waals surface area contributed by atoms with Crippen LogP contribution in [0.1, 0.15) is 11.1 Å². The normalized spacial score (nSPS) is 10.9. The molecular formula is C11H18N2O. The lowest BCUT2D eigenvalue weighted by atomic mass is 10.1. The molecule has 14 heavy (non-hydrogen) atoms. The predicted molar refractivity (Wildman–Crippen MR) is 57.8 cm³/mol. The van der Waals surface area contributed by atoms with Crippen molar-refractivity contribution in [3.63, 3.8) is 0 Å². The maximum absolute atomic E-state index is 8.86. The molecule has 0 amide bonds. The monoisotopic (exact) mass is 194 g/mol. The zero-order valence-electron chi connectivity index (χ0n) is 8.83. The Labute approximate surface area is 85.3 Å². The Balaban J connectivity index is 2.36. The number of nitrogens with zero attached hydrogens (tertiary/aromatic N) is 1. The summed E-state index contributed by atoms with van der Waals surface area (Å²) in [4.78, 5) is 0. The summed E-state index contributed by atoms with van der Waals surface area (Å²) < 4.78 is 0. The Morgan fingerprint density at radius 1 is 1.14 bits per heavy atom. The molecular weight excluding hydrogens is 176 g/mol. The van der Waals surface area contributed by atoms with E-state index in [9.17, 15) is 0 Å². The van der Waals surface area contributed by atoms with Gasteiger partial charge in [-0.3, -0.25) is 10.4 Å². The van der Waals surface area contributed by atoms with Gasteiger partial charge in [0.2, 0.25) is 0 Å². The molecule has 1 aromatic carbocycles. The van der Waals surface area contributed by atoms with Crippen LogP contribution in [0.2, 0.25) is 0 Å². The predicted octanol–water partition coefficient (Wildman–Crippen LogP) is 0.788. The van der Waals surface area contributed by atoms with E-state index in [-0.39, 0.29) is 6.61 Å². The van der Waals surface area contributed by atoms with Gasteiger partial charge in [0.25, 0.3) is 0 Å². The zero-order chi connectivity index (χ0) is 10.4. The molecule has 0 aliphatic rings. The molecule has 2 N–H and O–H groups in total. The Morgan fingerprint density at radius 2 is 1.71 bits per heavy atom. The minimum atomic E-state index is 0.121. The molecule has 3 heteroatoms. The van der Waals surface area contributed by atoms with Gasteiger partial charge in [-0.2, -0.15) is 0 Å². The van der Waals surface area contributed by atoms with Crippen molar-refractivity contribution in [2.75, 3.05) is 20.6 Å². The summed E-state index contributed by atoms with van der Waals surface area (Å²) in [6.45, 7) is 1.06. The highest BCUT2D eigenvalue weighted by molar-refractivity contribution is 5.22. The summed E-state index contributed by atoms with van der Waals surface area (Å²) >= 11 is 0. The molecule has 0 aromatic heterocycles. The zero-order valence-corrected chi connectivity index (χ0v) is 8.83. The summed E-state index contributed by atoms with van der Waals surface area (Å²) in [5, 5.41) is 10.8. The number of nitrogens with one attached hydrogen (secondary N) is 1. The topological polar surface area (TPSA) is 35.5 Å². The molecule has 0 bridgehead atoms. The quantitative estimate of drug-likeness (QED) is 0.680. The average Bonchev–Trinajstić information content (AvgIpc) is 2.18. The van der Waals surface area contributed by atoms with Crippen LogP contribution in [0.5, 0.6) is 0 Å². The lowest BCUT2D eigenvalue weighted by molar-refractivity contribution is 0.281. The molecule has 0 unspecified atom stereocenters. The standard InChI is InChI=1S/C11H18N2O/c1-13(2)12-8-7-10-3-5-11(9-14)6-4-10/h3-6,12,14H,7-9H2,1-2H3. The Kier molecular flexibility index (Phi) is 4.59. The first-order valence-corrected chi connectivity index (χ1v) is 4.82. The van der Waals surface area contributed by atoms with Gasteiger partial charge < -0.3 is 5.11 Å². The number of hydrogen-bond acceptors (Lipinski definition) is 3. The molecule has 0 spiro atoms. The first-order chi connectivity index (χ1) is 6.72. The van der Waals surface area contributed by atoms with E-state index in [2.05, 4.69) is 17.6 Å². The molecule has 0 heterocycles. The van der Waals surface area contributed by atoms with Crippen LogP contribution < -0.4 is 5.43 Å². The molecule has 0 aliphatic carbocycles. The van der Waals surface area contributed by atoms with E-state index in [1.165, 1.54) is 5.56 Å². The van der Waals surface area contributed by atoms with E-state index in [4.69, 9.17) is 5.11 Å². The fourth-order valence-corrected chi connectivity index (χ4v) is 1.24. The third-order valence-electron chi connectivity index (χ3n) is 2.05. The van der Waals surface area contributed by atoms with Gasteiger partial charge in [-0.15, -0.1) is 0 Å². The van der Waals surface area contributed by atoms with Crippen molar-refractivity contribution >= 4 is 0 Å². The van der Waals surface area contributed by atoms with Gasteiger partial charge in [0.15, 0.2) is 0 Å². The molecule has 1 aromatic rings. The van der Waals surface area contributed by atoms with Crippen molar-refractivity contribution in [1.82, 2.24) is 10.4 Å². The Morgan fingerprint density at radius 3 is 2.21 bits per heavy atom. The molecule has 0 radical (unpaired) electrons. The highest BCUT2D eigenvalue weighted by Gasteiger charge is 1.94. The third kappa shape index (κ3) is 3.87. The molecule has 0 aliphatic heterocycles. The van der Waals surface area contributed by atoms with Crippen LogP contribution in [0, 0.1) is 0 Å². The maximum atomic E-state index is 8.86. The molecule has 0 atom stereocenters. The van der Waals surface area contributed by atoms with Gasteiger partial charge in [0, 0.05) is 20.6 Å². The summed E-state index contributed by atoms with van der Waals surface area (Å²) in [5.74, 6) is 0. The lowest BCUT2D eigenvalue weighted by Gasteiger charge is -2.11. The molecule has 1 rings (SSSR count). The SMILES string of the molecule is CN(C)NCCc1ccc(CO)cc1. The molecule has 3 nitrogen and oxygen atoms in total. The number of aliphatic hydroxyl groups excluding tert-OH is 1. The van der Waals surface area contributed by atoms with Crippen LogP contribution in [0.25, 0.3) is 0 Å². The smallest absolute Gasteiger partial charge is 0.0681 e. The van der Waals surface area contributed by atoms with E-state index >= 15 is 0 Å². The second-order valence-electron chi connectivity index (χ2n) is 3.53. The molecule has 0 fully saturated rings. The number of hydrazine groups is 1. The molecule has 78 valence electrons. The van der Waals surface area contributed by atoms with Crippen molar-refractivity contribution in [3.05, 3.63) is 35.4 Å². The van der Waals surface area contributed by atoms with E-state index in [1.54, 1.807) is 0 Å². The first-order valence-electron chi connectivity index (χ1n) is 4.82. The van der Waals surface area contributed by atoms with Crippen LogP contribution in [-0.2, 0) is 13.0 Å². The Bertz CT molecular complexity index is 256. The van der Waals surface area contributed by atoms with Gasteiger partial charge in [0.05, 0.1) is 6.61 Å². The van der Waals surface area contributed by atoms with Gasteiger partial charge >= 0.3 is 0 Å². The molecule has 0 saturated heterocycles. The number of benzene rings is 1. The van der Waals surface area contributed by atoms with E-state index in [0.29, 0.717) is 0 Å². The highest BCUT2D eigenvalue weighted by Crippen LogP contribution is 2.04. The highest BCUT2D eigenvalue weighted by atomic mass is 16.3. The van der Waals surface area contributed by atoms with Crippen LogP contribution >= 0.6 is 0 Å². The lowest BCUT2D eigenvalue weighted by Crippen LogP contribution is -2.31. The van der Waals surface area contributed by atoms with Crippen LogP contribution in [-0.4, -0.2) is 30.8 Å². The van der Waals surface area contributed by atoms with Crippen LogP contribution in [0.4, 0.5) is 0 Å². The van der Waals surface area contributed by atoms with Crippen molar-refractivity contribution < 1.29 is 5.11 Å². The second kappa shape index (κ2) is 5.75. The van der Waals surface area contributed by atoms with Crippen molar-refractivity contribution in [1.29, 1.82) is 0 Å². The van der Waals surface area contributed by atoms with E-state index < -0.39 is 0 Å². The van der Waals surface area contributed by atoms with Crippen molar-refractivity contribution in [2.45, 2.75) is 13.0 Å². The fourth-order valence-electron chi connectivity index (χ4n) is 1.24. The first kappa shape index (κ1) is 11.2. The summed E-state index contributed by atoms with van der Waals surface area (Å²) in [7, 11) is 3.96. The van der Waals surface area contributed by atoms with Crippen molar-refractivity contribution in [3.8, 4) is 0 Å². The van der Waals surface area contributed by atoms with E-state index in [0.717, 1.165) is 18.5 Å². The number of rotatable bonds is 5. The molecule has 0 saturated carbocycles. The van der Waals surface area contributed by atoms with Crippen LogP contribution in [0.3, 0.4) is 0 Å². The van der Waals surface area contributed by atoms with E-state index in [1.807, 2.05) is 31.2 Å². The second-order valence-corrected chi connectivity index (χ2v) is 3.53. The fraction of sp³-hybridized carbons (Fsp3) is 0.455. The third-order valence-corrected chi connectivity index (χ3v) is 2.05. The summed E-state index contributed by atoms with van der Waals surface area (Å²) in [6.07, 6.45) is 1.00. The maximum Gasteiger partial charge on any atom is 0.0681 e. The van der Waals surface area contributed by atoms with Gasteiger partial charge in [0.1, 0.15) is 0 Å². The van der Waals surface area contributed by atoms with Gasteiger partial charge in [-0.25, -0.2) is 0 Å². The van der Waals surface area contributed by atoms with Gasteiger partial charge in [-0.1, -0.05) is 24.3 Å². The number of hydrogen-bond donors (Lipinski definition) is 2. The largest absolute Gasteiger partial charge is 0.392 e. The Hall–Kier alpha value is -0.900. The average molecular weight is 194 g/mol. The summed E-state index contributed by atoms with van der Waals surface area (Å²) in [6, 6.07) is 8.04. The van der Waals surface area contributed by atoms with Crippen LogP contribution in [0.15, 0.2) is 24.3 Å². The number of aliphatic hydroxyl groups is 1. The van der Waals surface area contributed by atoms with Gasteiger partial charge in [-0.05, 0) is 17.5 Å². The van der Waals surface area contributed by atoms with Crippen molar-refractivity contribution in [2.24, 2.45) is 0 Å². The minimum Gasteiger partial charge on any atom is -0.392 e.